The second-order valence-electron chi connectivity index (χ2n) is 3.94. The van der Waals surface area contributed by atoms with Crippen molar-refractivity contribution in [3.8, 4) is 5.75 Å². The molecule has 0 aliphatic carbocycles. The minimum Gasteiger partial charge on any atom is -0.497 e. The van der Waals surface area contributed by atoms with E-state index in [2.05, 4.69) is 4.98 Å². The second-order valence-corrected chi connectivity index (χ2v) is 5.11. The van der Waals surface area contributed by atoms with Gasteiger partial charge in [-0.1, -0.05) is 23.9 Å². The van der Waals surface area contributed by atoms with Gasteiger partial charge in [-0.2, -0.15) is 0 Å². The quantitative estimate of drug-likeness (QED) is 0.840. The van der Waals surface area contributed by atoms with Crippen LogP contribution in [0.25, 0.3) is 0 Å². The Morgan fingerprint density at radius 3 is 2.61 bits per heavy atom. The van der Waals surface area contributed by atoms with Crippen LogP contribution in [0, 0.1) is 0 Å². The molecule has 2 rings (SSSR count). The zero-order chi connectivity index (χ0) is 13.0. The Morgan fingerprint density at radius 2 is 2.11 bits per heavy atom. The predicted molar refractivity (Wildman–Crippen MR) is 73.9 cm³/mol. The number of aromatic nitrogens is 2. The van der Waals surface area contributed by atoms with Crippen LogP contribution < -0.4 is 10.5 Å². The third kappa shape index (κ3) is 2.86. The van der Waals surface area contributed by atoms with Crippen molar-refractivity contribution in [3.63, 3.8) is 0 Å². The summed E-state index contributed by atoms with van der Waals surface area (Å²) in [7, 11) is 3.65. The first kappa shape index (κ1) is 13.0. The molecular formula is C13H17N3OS. The normalized spacial score (nSPS) is 12.4. The molecule has 96 valence electrons. The third-order valence-corrected chi connectivity index (χ3v) is 4.08. The average molecular weight is 263 g/mol. The molecule has 1 heterocycles. The zero-order valence-corrected chi connectivity index (χ0v) is 11.4. The van der Waals surface area contributed by atoms with Crippen molar-refractivity contribution in [2.45, 2.75) is 10.4 Å². The van der Waals surface area contributed by atoms with Crippen LogP contribution in [0.4, 0.5) is 0 Å². The maximum Gasteiger partial charge on any atom is 0.168 e. The fraction of sp³-hybridized carbons (Fsp3) is 0.308. The topological polar surface area (TPSA) is 53.1 Å². The summed E-state index contributed by atoms with van der Waals surface area (Å²) in [5, 5.41) is 1.18. The molecule has 18 heavy (non-hydrogen) atoms. The Kier molecular flexibility index (Phi) is 4.28. The van der Waals surface area contributed by atoms with E-state index in [0.29, 0.717) is 6.54 Å². The lowest BCUT2D eigenvalue weighted by atomic mass is 10.1. The molecule has 0 amide bonds. The molecule has 1 unspecified atom stereocenters. The molecule has 0 fully saturated rings. The number of thioether (sulfide) groups is 1. The number of imidazole rings is 1. The summed E-state index contributed by atoms with van der Waals surface area (Å²) in [5.41, 5.74) is 7.04. The highest BCUT2D eigenvalue weighted by Crippen LogP contribution is 2.33. The van der Waals surface area contributed by atoms with Crippen LogP contribution in [0.1, 0.15) is 10.8 Å². The van der Waals surface area contributed by atoms with Crippen LogP contribution in [-0.4, -0.2) is 23.2 Å². The predicted octanol–water partition coefficient (Wildman–Crippen LogP) is 2.22. The molecule has 0 saturated heterocycles. The summed E-state index contributed by atoms with van der Waals surface area (Å²) in [5.74, 6) is 0.858. The number of hydrogen-bond donors (Lipinski definition) is 1. The van der Waals surface area contributed by atoms with Crippen molar-refractivity contribution in [2.24, 2.45) is 12.8 Å². The first-order chi connectivity index (χ1) is 8.74. The molecule has 0 bridgehead atoms. The highest BCUT2D eigenvalue weighted by Gasteiger charge is 2.14. The molecular weight excluding hydrogens is 246 g/mol. The van der Waals surface area contributed by atoms with Gasteiger partial charge >= 0.3 is 0 Å². The van der Waals surface area contributed by atoms with E-state index >= 15 is 0 Å². The van der Waals surface area contributed by atoms with E-state index in [1.165, 1.54) is 5.56 Å². The van der Waals surface area contributed by atoms with Crippen LogP contribution in [0.15, 0.2) is 41.8 Å². The molecule has 0 spiro atoms. The number of methoxy groups -OCH3 is 1. The minimum atomic E-state index is 0.206. The van der Waals surface area contributed by atoms with Gasteiger partial charge < -0.3 is 15.0 Å². The van der Waals surface area contributed by atoms with Gasteiger partial charge in [-0.25, -0.2) is 4.98 Å². The Hall–Kier alpha value is -1.46. The van der Waals surface area contributed by atoms with Crippen molar-refractivity contribution < 1.29 is 4.74 Å². The first-order valence-corrected chi connectivity index (χ1v) is 6.60. The SMILES string of the molecule is COc1ccc(C(CN)Sc2nccn2C)cc1. The van der Waals surface area contributed by atoms with Crippen molar-refractivity contribution in [2.75, 3.05) is 13.7 Å². The molecule has 4 nitrogen and oxygen atoms in total. The van der Waals surface area contributed by atoms with Crippen LogP contribution in [0.2, 0.25) is 0 Å². The van der Waals surface area contributed by atoms with Gasteiger partial charge in [-0.05, 0) is 17.7 Å². The molecule has 0 saturated carbocycles. The Bertz CT molecular complexity index is 495. The van der Waals surface area contributed by atoms with Gasteiger partial charge in [0.1, 0.15) is 5.75 Å². The lowest BCUT2D eigenvalue weighted by Gasteiger charge is -2.14. The van der Waals surface area contributed by atoms with Crippen LogP contribution >= 0.6 is 11.8 Å². The third-order valence-electron chi connectivity index (χ3n) is 2.73. The second kappa shape index (κ2) is 5.93. The van der Waals surface area contributed by atoms with Crippen molar-refractivity contribution in [1.82, 2.24) is 9.55 Å². The van der Waals surface area contributed by atoms with E-state index in [1.54, 1.807) is 25.1 Å². The van der Waals surface area contributed by atoms with Gasteiger partial charge in [-0.15, -0.1) is 0 Å². The summed E-state index contributed by atoms with van der Waals surface area (Å²) < 4.78 is 7.15. The number of benzene rings is 1. The van der Waals surface area contributed by atoms with E-state index in [9.17, 15) is 0 Å². The van der Waals surface area contributed by atoms with Gasteiger partial charge in [0.2, 0.25) is 0 Å². The zero-order valence-electron chi connectivity index (χ0n) is 10.5. The highest BCUT2D eigenvalue weighted by atomic mass is 32.2. The maximum absolute atomic E-state index is 5.85. The van der Waals surface area contributed by atoms with Crippen LogP contribution in [0.5, 0.6) is 5.75 Å². The fourth-order valence-electron chi connectivity index (χ4n) is 1.66. The maximum atomic E-state index is 5.85. The number of hydrogen-bond acceptors (Lipinski definition) is 4. The highest BCUT2D eigenvalue weighted by molar-refractivity contribution is 7.99. The average Bonchev–Trinajstić information content (AvgIpc) is 2.81. The Labute approximate surface area is 111 Å². The van der Waals surface area contributed by atoms with Gasteiger partial charge in [0.05, 0.1) is 7.11 Å². The number of nitrogens with two attached hydrogens (primary N) is 1. The number of aryl methyl sites for hydroxylation is 1. The van der Waals surface area contributed by atoms with Crippen LogP contribution in [0.3, 0.4) is 0 Å². The van der Waals surface area contributed by atoms with Crippen molar-refractivity contribution in [1.29, 1.82) is 0 Å². The van der Waals surface area contributed by atoms with Gasteiger partial charge in [0.25, 0.3) is 0 Å². The molecule has 1 aromatic carbocycles. The summed E-state index contributed by atoms with van der Waals surface area (Å²) in [4.78, 5) is 4.31. The number of ether oxygens (including phenoxy) is 1. The molecule has 0 aliphatic rings. The largest absolute Gasteiger partial charge is 0.497 e. The lowest BCUT2D eigenvalue weighted by Crippen LogP contribution is -2.10. The first-order valence-electron chi connectivity index (χ1n) is 5.72. The van der Waals surface area contributed by atoms with E-state index < -0.39 is 0 Å². The van der Waals surface area contributed by atoms with Gasteiger partial charge in [-0.3, -0.25) is 0 Å². The number of nitrogens with zero attached hydrogens (tertiary/aromatic N) is 2. The van der Waals surface area contributed by atoms with Gasteiger partial charge in [0, 0.05) is 31.2 Å². The molecule has 5 heteroatoms. The smallest absolute Gasteiger partial charge is 0.168 e. The van der Waals surface area contributed by atoms with Crippen molar-refractivity contribution in [3.05, 3.63) is 42.2 Å². The summed E-state index contributed by atoms with van der Waals surface area (Å²) >= 11 is 1.67. The summed E-state index contributed by atoms with van der Waals surface area (Å²) in [6, 6.07) is 8.01. The summed E-state index contributed by atoms with van der Waals surface area (Å²) in [6.07, 6.45) is 3.73. The summed E-state index contributed by atoms with van der Waals surface area (Å²) in [6.45, 7) is 0.573. The van der Waals surface area contributed by atoms with E-state index in [1.807, 2.05) is 42.1 Å². The van der Waals surface area contributed by atoms with Crippen molar-refractivity contribution >= 4 is 11.8 Å². The fourth-order valence-corrected chi connectivity index (χ4v) is 2.66. The molecule has 0 radical (unpaired) electrons. The van der Waals surface area contributed by atoms with E-state index in [-0.39, 0.29) is 5.25 Å². The minimum absolute atomic E-state index is 0.206. The molecule has 2 N–H and O–H groups in total. The lowest BCUT2D eigenvalue weighted by molar-refractivity contribution is 0.414. The Balaban J connectivity index is 2.15. The van der Waals surface area contributed by atoms with E-state index in [4.69, 9.17) is 10.5 Å². The van der Waals surface area contributed by atoms with Gasteiger partial charge in [0.15, 0.2) is 5.16 Å². The monoisotopic (exact) mass is 263 g/mol. The molecule has 0 aliphatic heterocycles. The Morgan fingerprint density at radius 1 is 1.39 bits per heavy atom. The van der Waals surface area contributed by atoms with Crippen LogP contribution in [-0.2, 0) is 7.05 Å². The molecule has 2 aromatic rings. The molecule has 1 aromatic heterocycles. The number of rotatable bonds is 5. The standard InChI is InChI=1S/C13H17N3OS/c1-16-8-7-15-13(16)18-12(9-14)10-3-5-11(17-2)6-4-10/h3-8,12H,9,14H2,1-2H3. The molecule has 1 atom stereocenters. The van der Waals surface area contributed by atoms with E-state index in [0.717, 1.165) is 10.9 Å².